The molecule has 0 radical (unpaired) electrons. The van der Waals surface area contributed by atoms with Crippen LogP contribution in [0.25, 0.3) is 5.57 Å². The lowest BCUT2D eigenvalue weighted by atomic mass is 9.93. The maximum atomic E-state index is 13.0. The van der Waals surface area contributed by atoms with Crippen molar-refractivity contribution in [2.24, 2.45) is 10.7 Å². The summed E-state index contributed by atoms with van der Waals surface area (Å²) in [4.78, 5) is 23.4. The average Bonchev–Trinajstić information content (AvgIpc) is 3.15. The Labute approximate surface area is 171 Å². The third kappa shape index (κ3) is 3.50. The third-order valence-electron chi connectivity index (χ3n) is 5.86. The first-order chi connectivity index (χ1) is 14.0. The van der Waals surface area contributed by atoms with Crippen molar-refractivity contribution in [3.05, 3.63) is 64.1 Å². The van der Waals surface area contributed by atoms with Crippen molar-refractivity contribution in [1.29, 1.82) is 0 Å². The molecule has 4 rings (SSSR count). The molecule has 2 aliphatic rings. The number of nitrogens with zero attached hydrogens (tertiary/aromatic N) is 3. The van der Waals surface area contributed by atoms with Crippen LogP contribution in [0.15, 0.2) is 35.6 Å². The van der Waals surface area contributed by atoms with Gasteiger partial charge in [0.2, 0.25) is 0 Å². The van der Waals surface area contributed by atoms with Crippen LogP contribution in [-0.2, 0) is 6.42 Å². The standard InChI is InChI=1S/C23H26N4O2/c1-14-15(2)22-20(23(28)27-7-6-19(13-27)29-22)9-17(14)8-16-4-5-21(26-11-16)18(10-24)12-25-3/h4-5,9-12,19H,6-8,13,24H2,1-3H3/b18-10+,25-12?/t19-/m1/s1. The molecule has 1 amide bonds. The predicted octanol–water partition coefficient (Wildman–Crippen LogP) is 2.90. The normalized spacial score (nSPS) is 18.7. The number of rotatable bonds is 4. The molecule has 0 unspecified atom stereocenters. The maximum Gasteiger partial charge on any atom is 0.257 e. The lowest BCUT2D eigenvalue weighted by Gasteiger charge is -2.21. The second-order valence-corrected chi connectivity index (χ2v) is 7.68. The van der Waals surface area contributed by atoms with Crippen LogP contribution in [0, 0.1) is 13.8 Å². The number of allylic oxidation sites excluding steroid dienone is 1. The van der Waals surface area contributed by atoms with Crippen LogP contribution < -0.4 is 10.5 Å². The molecule has 150 valence electrons. The molecular weight excluding hydrogens is 364 g/mol. The molecule has 1 aromatic heterocycles. The molecule has 1 fully saturated rings. The quantitative estimate of drug-likeness (QED) is 0.814. The summed E-state index contributed by atoms with van der Waals surface area (Å²) in [5.41, 5.74) is 12.3. The molecule has 2 N–H and O–H groups in total. The minimum atomic E-state index is 0.0781. The van der Waals surface area contributed by atoms with Crippen LogP contribution in [0.2, 0.25) is 0 Å². The molecule has 2 bridgehead atoms. The van der Waals surface area contributed by atoms with Crippen LogP contribution in [0.5, 0.6) is 5.75 Å². The second-order valence-electron chi connectivity index (χ2n) is 7.68. The first kappa shape index (κ1) is 19.2. The molecule has 2 aromatic rings. The molecular formula is C23H26N4O2. The number of hydrogen-bond acceptors (Lipinski definition) is 5. The summed E-state index contributed by atoms with van der Waals surface area (Å²) in [7, 11) is 1.70. The van der Waals surface area contributed by atoms with Crippen molar-refractivity contribution in [3.63, 3.8) is 0 Å². The zero-order valence-corrected chi connectivity index (χ0v) is 17.1. The number of carbonyl (C=O) groups is 1. The van der Waals surface area contributed by atoms with E-state index < -0.39 is 0 Å². The van der Waals surface area contributed by atoms with Crippen molar-refractivity contribution in [3.8, 4) is 5.75 Å². The number of benzene rings is 1. The summed E-state index contributed by atoms with van der Waals surface area (Å²) in [5, 5.41) is 0. The first-order valence-electron chi connectivity index (χ1n) is 9.90. The van der Waals surface area contributed by atoms with Gasteiger partial charge in [0.05, 0.1) is 17.8 Å². The molecule has 1 atom stereocenters. The van der Waals surface area contributed by atoms with Crippen LogP contribution in [0.4, 0.5) is 0 Å². The number of nitrogens with two attached hydrogens (primary N) is 1. The maximum absolute atomic E-state index is 13.0. The highest BCUT2D eigenvalue weighted by Crippen LogP contribution is 2.36. The summed E-state index contributed by atoms with van der Waals surface area (Å²) < 4.78 is 6.21. The Hall–Kier alpha value is -3.15. The van der Waals surface area contributed by atoms with E-state index in [1.54, 1.807) is 13.3 Å². The Morgan fingerprint density at radius 3 is 2.90 bits per heavy atom. The molecule has 2 aliphatic heterocycles. The van der Waals surface area contributed by atoms with Crippen molar-refractivity contribution >= 4 is 17.7 Å². The van der Waals surface area contributed by atoms with Crippen LogP contribution >= 0.6 is 0 Å². The van der Waals surface area contributed by atoms with E-state index >= 15 is 0 Å². The minimum absolute atomic E-state index is 0.0781. The van der Waals surface area contributed by atoms with Crippen molar-refractivity contribution < 1.29 is 9.53 Å². The fraction of sp³-hybridized carbons (Fsp3) is 0.348. The van der Waals surface area contributed by atoms with Gasteiger partial charge in [0.15, 0.2) is 0 Å². The minimum Gasteiger partial charge on any atom is -0.487 e. The van der Waals surface area contributed by atoms with E-state index in [2.05, 4.69) is 16.9 Å². The van der Waals surface area contributed by atoms with Gasteiger partial charge in [0.25, 0.3) is 5.91 Å². The smallest absolute Gasteiger partial charge is 0.257 e. The molecule has 3 heterocycles. The second kappa shape index (κ2) is 7.70. The molecule has 0 saturated carbocycles. The van der Waals surface area contributed by atoms with E-state index in [0.29, 0.717) is 18.5 Å². The van der Waals surface area contributed by atoms with Crippen molar-refractivity contribution in [2.75, 3.05) is 20.1 Å². The van der Waals surface area contributed by atoms with Crippen molar-refractivity contribution in [1.82, 2.24) is 9.88 Å². The number of ether oxygens (including phenoxy) is 1. The van der Waals surface area contributed by atoms with Gasteiger partial charge >= 0.3 is 0 Å². The summed E-state index contributed by atoms with van der Waals surface area (Å²) in [6.07, 6.45) is 6.77. The average molecular weight is 390 g/mol. The van der Waals surface area contributed by atoms with Gasteiger partial charge in [-0.3, -0.25) is 14.8 Å². The zero-order valence-electron chi connectivity index (χ0n) is 17.1. The van der Waals surface area contributed by atoms with E-state index in [1.807, 2.05) is 36.2 Å². The molecule has 29 heavy (non-hydrogen) atoms. The predicted molar refractivity (Wildman–Crippen MR) is 114 cm³/mol. The Balaban J connectivity index is 1.66. The number of fused-ring (bicyclic) bond motifs is 3. The fourth-order valence-corrected chi connectivity index (χ4v) is 4.05. The summed E-state index contributed by atoms with van der Waals surface area (Å²) in [6, 6.07) is 5.99. The highest BCUT2D eigenvalue weighted by atomic mass is 16.5. The highest BCUT2D eigenvalue weighted by molar-refractivity contribution is 6.08. The van der Waals surface area contributed by atoms with Gasteiger partial charge in [-0.2, -0.15) is 0 Å². The largest absolute Gasteiger partial charge is 0.487 e. The topological polar surface area (TPSA) is 80.8 Å². The highest BCUT2D eigenvalue weighted by Gasteiger charge is 2.35. The van der Waals surface area contributed by atoms with E-state index in [9.17, 15) is 4.79 Å². The molecule has 0 spiro atoms. The Morgan fingerprint density at radius 1 is 1.38 bits per heavy atom. The third-order valence-corrected chi connectivity index (χ3v) is 5.86. The van der Waals surface area contributed by atoms with Gasteiger partial charge < -0.3 is 15.4 Å². The van der Waals surface area contributed by atoms with Crippen molar-refractivity contribution in [2.45, 2.75) is 32.8 Å². The van der Waals surface area contributed by atoms with Gasteiger partial charge in [-0.1, -0.05) is 6.07 Å². The number of hydrogen-bond donors (Lipinski definition) is 1. The van der Waals surface area contributed by atoms with Gasteiger partial charge in [-0.25, -0.2) is 0 Å². The summed E-state index contributed by atoms with van der Waals surface area (Å²) in [5.74, 6) is 0.836. The molecule has 1 saturated heterocycles. The van der Waals surface area contributed by atoms with E-state index in [4.69, 9.17) is 10.5 Å². The first-order valence-corrected chi connectivity index (χ1v) is 9.90. The molecule has 6 nitrogen and oxygen atoms in total. The van der Waals surface area contributed by atoms with E-state index in [0.717, 1.165) is 52.2 Å². The van der Waals surface area contributed by atoms with Gasteiger partial charge in [-0.05, 0) is 54.7 Å². The molecule has 0 aliphatic carbocycles. The number of aromatic nitrogens is 1. The number of amides is 1. The Kier molecular flexibility index (Phi) is 5.09. The fourth-order valence-electron chi connectivity index (χ4n) is 4.05. The number of carbonyl (C=O) groups excluding carboxylic acids is 1. The molecule has 1 aromatic carbocycles. The van der Waals surface area contributed by atoms with Gasteiger partial charge in [-0.15, -0.1) is 0 Å². The summed E-state index contributed by atoms with van der Waals surface area (Å²) >= 11 is 0. The Morgan fingerprint density at radius 2 is 2.21 bits per heavy atom. The van der Waals surface area contributed by atoms with E-state index in [-0.39, 0.29) is 12.0 Å². The van der Waals surface area contributed by atoms with Gasteiger partial charge in [0, 0.05) is 44.2 Å². The van der Waals surface area contributed by atoms with Crippen LogP contribution in [0.3, 0.4) is 0 Å². The Bertz CT molecular complexity index is 1010. The van der Waals surface area contributed by atoms with Gasteiger partial charge in [0.1, 0.15) is 11.9 Å². The molecule has 6 heteroatoms. The number of pyridine rings is 1. The number of aliphatic imine (C=N–C) groups is 1. The SMILES string of the molecule is CN=C/C(=C\N)c1ccc(Cc2cc3c(c(C)c2C)O[C@@H]2CCN(C2)C3=O)cn1. The zero-order chi connectivity index (χ0) is 20.5. The van der Waals surface area contributed by atoms with E-state index in [1.165, 1.54) is 6.20 Å². The van der Waals surface area contributed by atoms with Crippen LogP contribution in [0.1, 0.15) is 44.7 Å². The summed E-state index contributed by atoms with van der Waals surface area (Å²) in [6.45, 7) is 5.60. The monoisotopic (exact) mass is 390 g/mol. The lowest BCUT2D eigenvalue weighted by Crippen LogP contribution is -2.28. The lowest BCUT2D eigenvalue weighted by molar-refractivity contribution is 0.0792. The van der Waals surface area contributed by atoms with Crippen LogP contribution in [-0.4, -0.2) is 48.2 Å².